The van der Waals surface area contributed by atoms with Crippen molar-refractivity contribution in [2.24, 2.45) is 5.41 Å². The van der Waals surface area contributed by atoms with Gasteiger partial charge in [-0.3, -0.25) is 4.79 Å². The van der Waals surface area contributed by atoms with E-state index in [0.29, 0.717) is 6.54 Å². The van der Waals surface area contributed by atoms with Crippen LogP contribution in [0.1, 0.15) is 36.6 Å². The Labute approximate surface area is 124 Å². The van der Waals surface area contributed by atoms with E-state index in [1.807, 2.05) is 13.1 Å². The topological polar surface area (TPSA) is 54.0 Å². The molecular weight excluding hydrogens is 282 g/mol. The fourth-order valence-corrected chi connectivity index (χ4v) is 3.16. The Morgan fingerprint density at radius 3 is 2.95 bits per heavy atom. The summed E-state index contributed by atoms with van der Waals surface area (Å²) in [6.07, 6.45) is 4.07. The third kappa shape index (κ3) is 4.16. The van der Waals surface area contributed by atoms with Gasteiger partial charge in [-0.25, -0.2) is 4.98 Å². The Balaban J connectivity index is 0.00000180. The Hall–Kier alpha value is -0.650. The maximum atomic E-state index is 12.2. The lowest BCUT2D eigenvalue weighted by molar-refractivity contribution is -0.126. The van der Waals surface area contributed by atoms with Crippen LogP contribution in [-0.2, 0) is 11.3 Å². The Kier molecular flexibility index (Phi) is 5.77. The normalized spacial score (nSPS) is 21.5. The monoisotopic (exact) mass is 303 g/mol. The molecule has 4 nitrogen and oxygen atoms in total. The van der Waals surface area contributed by atoms with E-state index < -0.39 is 0 Å². The van der Waals surface area contributed by atoms with Gasteiger partial charge in [0.25, 0.3) is 0 Å². The highest BCUT2D eigenvalue weighted by Crippen LogP contribution is 2.30. The average molecular weight is 304 g/mol. The molecule has 0 saturated carbocycles. The number of carbonyl (C=O) groups excluding carboxylic acids is 1. The summed E-state index contributed by atoms with van der Waals surface area (Å²) < 4.78 is 0. The van der Waals surface area contributed by atoms with E-state index in [1.54, 1.807) is 11.3 Å². The summed E-state index contributed by atoms with van der Waals surface area (Å²) in [5.41, 5.74) is 0.0337. The molecule has 108 valence electrons. The molecule has 19 heavy (non-hydrogen) atoms. The SMILES string of the molecule is Cc1ncc(CNC(=O)C2NCCCC2(C)C)s1.Cl. The van der Waals surface area contributed by atoms with Crippen molar-refractivity contribution < 1.29 is 4.79 Å². The van der Waals surface area contributed by atoms with Crippen LogP contribution in [0.5, 0.6) is 0 Å². The molecule has 2 heterocycles. The number of aryl methyl sites for hydroxylation is 1. The molecule has 0 radical (unpaired) electrons. The molecule has 1 aliphatic rings. The number of hydrogen-bond acceptors (Lipinski definition) is 4. The molecule has 0 aliphatic carbocycles. The predicted molar refractivity (Wildman–Crippen MR) is 80.8 cm³/mol. The van der Waals surface area contributed by atoms with Gasteiger partial charge < -0.3 is 10.6 Å². The van der Waals surface area contributed by atoms with Gasteiger partial charge in [0.05, 0.1) is 17.6 Å². The van der Waals surface area contributed by atoms with Crippen molar-refractivity contribution in [3.05, 3.63) is 16.1 Å². The van der Waals surface area contributed by atoms with Crippen molar-refractivity contribution >= 4 is 29.7 Å². The minimum atomic E-state index is -0.0831. The van der Waals surface area contributed by atoms with Crippen LogP contribution >= 0.6 is 23.7 Å². The lowest BCUT2D eigenvalue weighted by atomic mass is 9.77. The highest BCUT2D eigenvalue weighted by molar-refractivity contribution is 7.11. The van der Waals surface area contributed by atoms with Gasteiger partial charge in [0.1, 0.15) is 0 Å². The van der Waals surface area contributed by atoms with Crippen LogP contribution < -0.4 is 10.6 Å². The van der Waals surface area contributed by atoms with E-state index >= 15 is 0 Å². The van der Waals surface area contributed by atoms with Gasteiger partial charge in [-0.15, -0.1) is 23.7 Å². The maximum Gasteiger partial charge on any atom is 0.237 e. The summed E-state index contributed by atoms with van der Waals surface area (Å²) >= 11 is 1.63. The predicted octanol–water partition coefficient (Wildman–Crippen LogP) is 2.27. The molecule has 0 bridgehead atoms. The standard InChI is InChI=1S/C13H21N3OS.ClH/c1-9-15-7-10(18-9)8-16-12(17)11-13(2,3)5-4-6-14-11;/h7,11,14H,4-6,8H2,1-3H3,(H,16,17);1H. The third-order valence-electron chi connectivity index (χ3n) is 3.50. The zero-order chi connectivity index (χ0) is 13.2. The van der Waals surface area contributed by atoms with Crippen molar-refractivity contribution in [1.29, 1.82) is 0 Å². The summed E-state index contributed by atoms with van der Waals surface area (Å²) in [7, 11) is 0. The lowest BCUT2D eigenvalue weighted by Gasteiger charge is -2.38. The number of aromatic nitrogens is 1. The number of nitrogens with one attached hydrogen (secondary N) is 2. The van der Waals surface area contributed by atoms with E-state index in [2.05, 4.69) is 29.5 Å². The van der Waals surface area contributed by atoms with Gasteiger partial charge >= 0.3 is 0 Å². The first kappa shape index (κ1) is 16.4. The largest absolute Gasteiger partial charge is 0.350 e. The maximum absolute atomic E-state index is 12.2. The molecule has 1 atom stereocenters. The van der Waals surface area contributed by atoms with Crippen molar-refractivity contribution in [3.63, 3.8) is 0 Å². The molecule has 1 aromatic rings. The summed E-state index contributed by atoms with van der Waals surface area (Å²) in [5, 5.41) is 7.37. The van der Waals surface area contributed by atoms with E-state index in [1.165, 1.54) is 0 Å². The quantitative estimate of drug-likeness (QED) is 0.900. The highest BCUT2D eigenvalue weighted by atomic mass is 35.5. The summed E-state index contributed by atoms with van der Waals surface area (Å²) in [6, 6.07) is -0.0831. The molecule has 0 aromatic carbocycles. The zero-order valence-electron chi connectivity index (χ0n) is 11.7. The molecule has 1 fully saturated rings. The number of nitrogens with zero attached hydrogens (tertiary/aromatic N) is 1. The van der Waals surface area contributed by atoms with Crippen molar-refractivity contribution in [2.45, 2.75) is 46.2 Å². The molecule has 0 spiro atoms. The summed E-state index contributed by atoms with van der Waals surface area (Å²) in [6.45, 7) is 7.79. The number of hydrogen-bond donors (Lipinski definition) is 2. The number of thiazole rings is 1. The minimum Gasteiger partial charge on any atom is -0.350 e. The minimum absolute atomic E-state index is 0. The van der Waals surface area contributed by atoms with Crippen molar-refractivity contribution in [3.8, 4) is 0 Å². The summed E-state index contributed by atoms with van der Waals surface area (Å²) in [4.78, 5) is 17.5. The van der Waals surface area contributed by atoms with Crippen LogP contribution in [0.3, 0.4) is 0 Å². The molecule has 6 heteroatoms. The van der Waals surface area contributed by atoms with E-state index in [-0.39, 0.29) is 29.8 Å². The van der Waals surface area contributed by atoms with Crippen LogP contribution in [0.15, 0.2) is 6.20 Å². The Bertz CT molecular complexity index is 433. The van der Waals surface area contributed by atoms with E-state index in [4.69, 9.17) is 0 Å². The van der Waals surface area contributed by atoms with Crippen LogP contribution in [0, 0.1) is 12.3 Å². The fraction of sp³-hybridized carbons (Fsp3) is 0.692. The first-order chi connectivity index (χ1) is 8.49. The van der Waals surface area contributed by atoms with Gasteiger partial charge in [-0.05, 0) is 31.7 Å². The van der Waals surface area contributed by atoms with Gasteiger partial charge in [0.15, 0.2) is 0 Å². The fourth-order valence-electron chi connectivity index (χ4n) is 2.42. The Morgan fingerprint density at radius 1 is 1.63 bits per heavy atom. The molecule has 2 N–H and O–H groups in total. The van der Waals surface area contributed by atoms with Gasteiger partial charge in [0, 0.05) is 11.1 Å². The second-order valence-corrected chi connectivity index (χ2v) is 6.86. The summed E-state index contributed by atoms with van der Waals surface area (Å²) in [5.74, 6) is 0.103. The molecule has 1 saturated heterocycles. The second-order valence-electron chi connectivity index (χ2n) is 5.54. The smallest absolute Gasteiger partial charge is 0.237 e. The highest BCUT2D eigenvalue weighted by Gasteiger charge is 2.36. The molecule has 1 aliphatic heterocycles. The number of piperidine rings is 1. The number of amides is 1. The zero-order valence-corrected chi connectivity index (χ0v) is 13.3. The van der Waals surface area contributed by atoms with E-state index in [9.17, 15) is 4.79 Å². The molecular formula is C13H22ClN3OS. The molecule has 2 rings (SSSR count). The van der Waals surface area contributed by atoms with Gasteiger partial charge in [0.2, 0.25) is 5.91 Å². The van der Waals surface area contributed by atoms with Gasteiger partial charge in [-0.2, -0.15) is 0 Å². The molecule has 1 unspecified atom stereocenters. The van der Waals surface area contributed by atoms with Crippen LogP contribution in [0.2, 0.25) is 0 Å². The Morgan fingerprint density at radius 2 is 2.37 bits per heavy atom. The number of halogens is 1. The molecule has 1 amide bonds. The van der Waals surface area contributed by atoms with Gasteiger partial charge in [-0.1, -0.05) is 13.8 Å². The lowest BCUT2D eigenvalue weighted by Crippen LogP contribution is -2.55. The van der Waals surface area contributed by atoms with Crippen LogP contribution in [0.4, 0.5) is 0 Å². The van der Waals surface area contributed by atoms with Crippen molar-refractivity contribution in [2.75, 3.05) is 6.54 Å². The third-order valence-corrected chi connectivity index (χ3v) is 4.41. The second kappa shape index (κ2) is 6.68. The number of carbonyl (C=O) groups is 1. The number of rotatable bonds is 3. The average Bonchev–Trinajstić information content (AvgIpc) is 2.71. The van der Waals surface area contributed by atoms with Crippen LogP contribution in [0.25, 0.3) is 0 Å². The van der Waals surface area contributed by atoms with E-state index in [0.717, 1.165) is 29.3 Å². The first-order valence-corrected chi connectivity index (χ1v) is 7.23. The van der Waals surface area contributed by atoms with Crippen LogP contribution in [-0.4, -0.2) is 23.5 Å². The van der Waals surface area contributed by atoms with Crippen molar-refractivity contribution in [1.82, 2.24) is 15.6 Å². The molecule has 1 aromatic heterocycles. The first-order valence-electron chi connectivity index (χ1n) is 6.41.